The monoisotopic (exact) mass is 403 g/mol. The largest absolute Gasteiger partial charge is 0.329 e. The van der Waals surface area contributed by atoms with Crippen LogP contribution in [0.1, 0.15) is 11.5 Å². The summed E-state index contributed by atoms with van der Waals surface area (Å²) in [6, 6.07) is 7.40. The van der Waals surface area contributed by atoms with Crippen molar-refractivity contribution in [3.05, 3.63) is 58.0 Å². The maximum Gasteiger partial charge on any atom is 0.233 e. The van der Waals surface area contributed by atoms with Crippen molar-refractivity contribution in [3.63, 3.8) is 0 Å². The van der Waals surface area contributed by atoms with Gasteiger partial charge in [0.05, 0.1) is 16.6 Å². The number of hydrogen-bond donors (Lipinski definition) is 2. The van der Waals surface area contributed by atoms with Crippen molar-refractivity contribution in [2.45, 2.75) is 5.92 Å². The van der Waals surface area contributed by atoms with Crippen LogP contribution >= 0.6 is 47.8 Å². The van der Waals surface area contributed by atoms with E-state index < -0.39 is 0 Å². The summed E-state index contributed by atoms with van der Waals surface area (Å²) >= 11 is 7.93. The number of aromatic nitrogens is 1. The van der Waals surface area contributed by atoms with Crippen molar-refractivity contribution in [2.24, 2.45) is 5.73 Å². The lowest BCUT2D eigenvalue weighted by atomic mass is 10.0. The van der Waals surface area contributed by atoms with E-state index in [-0.39, 0.29) is 43.2 Å². The third kappa shape index (κ3) is 4.18. The molecule has 8 heteroatoms. The smallest absolute Gasteiger partial charge is 0.233 e. The molecule has 3 N–H and O–H groups in total. The van der Waals surface area contributed by atoms with Crippen molar-refractivity contribution in [1.29, 1.82) is 0 Å². The van der Waals surface area contributed by atoms with Gasteiger partial charge in [0.25, 0.3) is 0 Å². The van der Waals surface area contributed by atoms with Crippen LogP contribution in [0.3, 0.4) is 0 Å². The fraction of sp³-hybridized carbons (Fsp3) is 0.125. The number of hydrogen-bond acceptors (Lipinski definition) is 4. The van der Waals surface area contributed by atoms with Crippen LogP contribution in [-0.4, -0.2) is 17.4 Å². The number of pyridine rings is 1. The maximum atomic E-state index is 12.5. The quantitative estimate of drug-likeness (QED) is 0.674. The third-order valence-electron chi connectivity index (χ3n) is 3.51. The molecule has 0 aliphatic rings. The number of carbonyl (C=O) groups is 1. The normalized spacial score (nSPS) is 11.2. The summed E-state index contributed by atoms with van der Waals surface area (Å²) in [5.74, 6) is -0.536. The van der Waals surface area contributed by atoms with E-state index in [1.807, 2.05) is 29.0 Å². The molecule has 1 amide bonds. The summed E-state index contributed by atoms with van der Waals surface area (Å²) in [5.41, 5.74) is 7.25. The highest BCUT2D eigenvalue weighted by Crippen LogP contribution is 2.31. The first-order valence-electron chi connectivity index (χ1n) is 6.76. The molecule has 0 aliphatic carbocycles. The molecule has 4 nitrogen and oxygen atoms in total. The number of nitrogens with two attached hydrogens (primary N) is 1. The highest BCUT2D eigenvalue weighted by molar-refractivity contribution is 7.08. The topological polar surface area (TPSA) is 68.0 Å². The molecular weight excluding hydrogens is 389 g/mol. The van der Waals surface area contributed by atoms with Gasteiger partial charge in [-0.15, -0.1) is 24.8 Å². The summed E-state index contributed by atoms with van der Waals surface area (Å²) < 4.78 is 0. The molecule has 1 aromatic carbocycles. The Hall–Kier alpha value is -1.37. The molecule has 0 saturated heterocycles. The second-order valence-corrected chi connectivity index (χ2v) is 6.02. The molecule has 24 heavy (non-hydrogen) atoms. The van der Waals surface area contributed by atoms with Gasteiger partial charge in [0, 0.05) is 29.7 Å². The molecular formula is C16H16Cl3N3OS. The second kappa shape index (κ2) is 9.20. The molecule has 0 bridgehead atoms. The van der Waals surface area contributed by atoms with Gasteiger partial charge in [-0.2, -0.15) is 11.3 Å². The SMILES string of the molecule is Cl.Cl.NCC(C(=O)Nc1ccc2cnccc2c1Cl)c1ccsc1. The van der Waals surface area contributed by atoms with Gasteiger partial charge >= 0.3 is 0 Å². The molecule has 1 unspecified atom stereocenters. The Kier molecular flexibility index (Phi) is 7.93. The maximum absolute atomic E-state index is 12.5. The first-order valence-corrected chi connectivity index (χ1v) is 8.08. The van der Waals surface area contributed by atoms with Crippen molar-refractivity contribution < 1.29 is 4.79 Å². The Balaban J connectivity index is 0.00000144. The van der Waals surface area contributed by atoms with Gasteiger partial charge in [0.15, 0.2) is 0 Å². The molecule has 0 saturated carbocycles. The molecule has 0 aliphatic heterocycles. The summed E-state index contributed by atoms with van der Waals surface area (Å²) in [4.78, 5) is 16.5. The molecule has 3 rings (SSSR count). The van der Waals surface area contributed by atoms with E-state index in [9.17, 15) is 4.79 Å². The minimum absolute atomic E-state index is 0. The number of anilines is 1. The predicted octanol–water partition coefficient (Wildman–Crippen LogP) is 4.47. The van der Waals surface area contributed by atoms with Crippen molar-refractivity contribution in [2.75, 3.05) is 11.9 Å². The number of rotatable bonds is 4. The lowest BCUT2D eigenvalue weighted by molar-refractivity contribution is -0.117. The van der Waals surface area contributed by atoms with Gasteiger partial charge in [-0.1, -0.05) is 17.7 Å². The second-order valence-electron chi connectivity index (χ2n) is 4.86. The summed E-state index contributed by atoms with van der Waals surface area (Å²) in [6.45, 7) is 0.248. The van der Waals surface area contributed by atoms with Crippen LogP contribution in [0.25, 0.3) is 10.8 Å². The first-order chi connectivity index (χ1) is 10.7. The van der Waals surface area contributed by atoms with Crippen molar-refractivity contribution in [3.8, 4) is 0 Å². The molecule has 0 radical (unpaired) electrons. The third-order valence-corrected chi connectivity index (χ3v) is 4.62. The zero-order valence-corrected chi connectivity index (χ0v) is 15.6. The predicted molar refractivity (Wildman–Crippen MR) is 106 cm³/mol. The number of nitrogens with zero attached hydrogens (tertiary/aromatic N) is 1. The first kappa shape index (κ1) is 20.7. The van der Waals surface area contributed by atoms with Gasteiger partial charge in [0.2, 0.25) is 5.91 Å². The molecule has 2 aromatic heterocycles. The Bertz CT molecular complexity index is 811. The van der Waals surface area contributed by atoms with Gasteiger partial charge in [0.1, 0.15) is 0 Å². The van der Waals surface area contributed by atoms with Crippen molar-refractivity contribution in [1.82, 2.24) is 4.98 Å². The van der Waals surface area contributed by atoms with E-state index in [1.54, 1.807) is 29.8 Å². The van der Waals surface area contributed by atoms with E-state index in [1.165, 1.54) is 0 Å². The Morgan fingerprint density at radius 3 is 2.75 bits per heavy atom. The van der Waals surface area contributed by atoms with Crippen molar-refractivity contribution >= 4 is 70.1 Å². The van der Waals surface area contributed by atoms with Crippen LogP contribution in [0, 0.1) is 0 Å². The Labute approximate surface area is 161 Å². The zero-order chi connectivity index (χ0) is 15.5. The summed E-state index contributed by atoms with van der Waals surface area (Å²) in [7, 11) is 0. The number of fused-ring (bicyclic) bond motifs is 1. The number of benzene rings is 1. The molecule has 1 atom stereocenters. The minimum atomic E-state index is -0.379. The highest BCUT2D eigenvalue weighted by Gasteiger charge is 2.20. The van der Waals surface area contributed by atoms with Gasteiger partial charge in [-0.05, 0) is 34.5 Å². The summed E-state index contributed by atoms with van der Waals surface area (Å²) in [5, 5.41) is 9.04. The lowest BCUT2D eigenvalue weighted by Crippen LogP contribution is -2.27. The zero-order valence-electron chi connectivity index (χ0n) is 12.4. The lowest BCUT2D eigenvalue weighted by Gasteiger charge is -2.15. The molecule has 2 heterocycles. The highest BCUT2D eigenvalue weighted by atomic mass is 35.5. The van der Waals surface area contributed by atoms with Gasteiger partial charge in [-0.3, -0.25) is 9.78 Å². The van der Waals surface area contributed by atoms with E-state index in [2.05, 4.69) is 10.3 Å². The Morgan fingerprint density at radius 1 is 1.29 bits per heavy atom. The number of nitrogens with one attached hydrogen (secondary N) is 1. The molecule has 3 aromatic rings. The van der Waals surface area contributed by atoms with Crippen LogP contribution in [-0.2, 0) is 4.79 Å². The summed E-state index contributed by atoms with van der Waals surface area (Å²) in [6.07, 6.45) is 3.41. The fourth-order valence-corrected chi connectivity index (χ4v) is 3.31. The molecule has 128 valence electrons. The standard InChI is InChI=1S/C16H14ClN3OS.2ClH/c17-15-12-3-5-19-8-10(12)1-2-14(15)20-16(21)13(7-18)11-4-6-22-9-11;;/h1-6,8-9,13H,7,18H2,(H,20,21);2*1H. The van der Waals surface area contributed by atoms with Crippen LogP contribution in [0.2, 0.25) is 5.02 Å². The van der Waals surface area contributed by atoms with Crippen LogP contribution < -0.4 is 11.1 Å². The van der Waals surface area contributed by atoms with E-state index >= 15 is 0 Å². The average molecular weight is 405 g/mol. The molecule has 0 spiro atoms. The van der Waals surface area contributed by atoms with Crippen LogP contribution in [0.5, 0.6) is 0 Å². The van der Waals surface area contributed by atoms with E-state index in [0.29, 0.717) is 10.7 Å². The van der Waals surface area contributed by atoms with E-state index in [0.717, 1.165) is 16.3 Å². The van der Waals surface area contributed by atoms with E-state index in [4.69, 9.17) is 17.3 Å². The number of carbonyl (C=O) groups excluding carboxylic acids is 1. The van der Waals surface area contributed by atoms with Gasteiger partial charge in [-0.25, -0.2) is 0 Å². The Morgan fingerprint density at radius 2 is 2.08 bits per heavy atom. The number of thiophene rings is 1. The number of amides is 1. The van der Waals surface area contributed by atoms with Gasteiger partial charge < -0.3 is 11.1 Å². The average Bonchev–Trinajstić information content (AvgIpc) is 3.05. The minimum Gasteiger partial charge on any atom is -0.329 e. The van der Waals surface area contributed by atoms with Crippen LogP contribution in [0.4, 0.5) is 5.69 Å². The molecule has 0 fully saturated rings. The fourth-order valence-electron chi connectivity index (χ4n) is 2.31. The number of halogens is 3. The van der Waals surface area contributed by atoms with Crippen LogP contribution in [0.15, 0.2) is 47.4 Å².